The molecule has 2 saturated carbocycles. The summed E-state index contributed by atoms with van der Waals surface area (Å²) < 4.78 is 2.34. The molecule has 5 rings (SSSR count). The minimum Gasteiger partial charge on any atom is -0.389 e. The number of fused-ring (bicyclic) bond motifs is 2. The average Bonchev–Trinajstić information content (AvgIpc) is 3.31. The Labute approximate surface area is 192 Å². The lowest BCUT2D eigenvalue weighted by Crippen LogP contribution is -2.41. The molecule has 2 aliphatic rings. The molecule has 1 aromatic carbocycles. The molecule has 0 bridgehead atoms. The monoisotopic (exact) mass is 534 g/mol. The number of rotatable bonds is 6. The molecule has 0 spiro atoms. The Morgan fingerprint density at radius 2 is 2.06 bits per heavy atom. The number of aliphatic hydroxyl groups is 2. The third kappa shape index (κ3) is 3.19. The number of hydrogen-bond donors (Lipinski definition) is 4. The van der Waals surface area contributed by atoms with Crippen LogP contribution >= 0.6 is 22.6 Å². The first-order valence-corrected chi connectivity index (χ1v) is 11.3. The van der Waals surface area contributed by atoms with Gasteiger partial charge in [-0.3, -0.25) is 4.79 Å². The van der Waals surface area contributed by atoms with E-state index in [-0.39, 0.29) is 11.8 Å². The molecule has 0 radical (unpaired) electrons. The molecule has 2 aliphatic carbocycles. The van der Waals surface area contributed by atoms with Crippen LogP contribution in [0.3, 0.4) is 0 Å². The number of carbonyl (C=O) groups is 1. The van der Waals surface area contributed by atoms with Gasteiger partial charge in [0.2, 0.25) is 5.91 Å². The molecule has 4 N–H and O–H groups in total. The summed E-state index contributed by atoms with van der Waals surface area (Å²) in [7, 11) is 1.55. The highest BCUT2D eigenvalue weighted by Gasteiger charge is 2.75. The molecule has 2 heterocycles. The predicted molar refractivity (Wildman–Crippen MR) is 122 cm³/mol. The zero-order chi connectivity index (χ0) is 21.8. The summed E-state index contributed by atoms with van der Waals surface area (Å²) in [4.78, 5) is 26.0. The van der Waals surface area contributed by atoms with E-state index in [1.165, 1.54) is 5.56 Å². The minimum atomic E-state index is -1.12. The molecule has 1 amide bonds. The van der Waals surface area contributed by atoms with Crippen molar-refractivity contribution in [1.29, 1.82) is 0 Å². The van der Waals surface area contributed by atoms with Gasteiger partial charge >= 0.3 is 0 Å². The van der Waals surface area contributed by atoms with Crippen LogP contribution in [0.25, 0.3) is 11.2 Å². The lowest BCUT2D eigenvalue weighted by Gasteiger charge is -2.23. The third-order valence-corrected chi connectivity index (χ3v) is 7.07. The van der Waals surface area contributed by atoms with E-state index in [4.69, 9.17) is 0 Å². The number of anilines is 1. The van der Waals surface area contributed by atoms with Gasteiger partial charge in [-0.15, -0.1) is 0 Å². The smallest absolute Gasteiger partial charge is 0.229 e. The Morgan fingerprint density at radius 3 is 2.81 bits per heavy atom. The number of imidazole rings is 1. The number of aliphatic hydroxyl groups excluding tert-OH is 2. The van der Waals surface area contributed by atoms with Gasteiger partial charge in [0.15, 0.2) is 20.8 Å². The normalized spacial score (nSPS) is 29.0. The molecule has 9 nitrogen and oxygen atoms in total. The van der Waals surface area contributed by atoms with Gasteiger partial charge in [-0.1, -0.05) is 30.3 Å². The molecular weight excluding hydrogens is 511 g/mol. The van der Waals surface area contributed by atoms with Gasteiger partial charge in [-0.2, -0.15) is 0 Å². The van der Waals surface area contributed by atoms with Crippen LogP contribution in [0.1, 0.15) is 18.0 Å². The van der Waals surface area contributed by atoms with Crippen LogP contribution in [-0.2, 0) is 11.2 Å². The van der Waals surface area contributed by atoms with Crippen LogP contribution in [0.4, 0.5) is 5.82 Å². The van der Waals surface area contributed by atoms with Crippen molar-refractivity contribution in [3.8, 4) is 0 Å². The van der Waals surface area contributed by atoms with Gasteiger partial charge in [-0.05, 0) is 18.4 Å². The fraction of sp³-hybridized carbons (Fsp3) is 0.429. The maximum atomic E-state index is 12.4. The van der Waals surface area contributed by atoms with Crippen molar-refractivity contribution in [2.75, 3.05) is 18.9 Å². The Kier molecular flexibility index (Phi) is 5.10. The van der Waals surface area contributed by atoms with E-state index < -0.39 is 23.7 Å². The first kappa shape index (κ1) is 20.6. The van der Waals surface area contributed by atoms with Crippen molar-refractivity contribution in [3.05, 3.63) is 46.1 Å². The first-order chi connectivity index (χ1) is 15.0. The Hall–Kier alpha value is -2.31. The number of nitrogens with one attached hydrogen (secondary N) is 2. The highest BCUT2D eigenvalue weighted by atomic mass is 127. The van der Waals surface area contributed by atoms with Crippen LogP contribution < -0.4 is 10.6 Å². The average molecular weight is 534 g/mol. The van der Waals surface area contributed by atoms with E-state index in [0.29, 0.717) is 33.8 Å². The van der Waals surface area contributed by atoms with Crippen molar-refractivity contribution < 1.29 is 15.0 Å². The van der Waals surface area contributed by atoms with E-state index in [0.717, 1.165) is 6.42 Å². The predicted octanol–water partition coefficient (Wildman–Crippen LogP) is 1.11. The Morgan fingerprint density at radius 1 is 1.29 bits per heavy atom. The van der Waals surface area contributed by atoms with Crippen molar-refractivity contribution in [2.45, 2.75) is 31.1 Å². The summed E-state index contributed by atoms with van der Waals surface area (Å²) in [6, 6.07) is 9.71. The number of carbonyl (C=O) groups excluding carboxylic acids is 1. The highest BCUT2D eigenvalue weighted by molar-refractivity contribution is 14.1. The van der Waals surface area contributed by atoms with Crippen molar-refractivity contribution in [2.24, 2.45) is 11.3 Å². The number of hydrogen-bond acceptors (Lipinski definition) is 7. The summed E-state index contributed by atoms with van der Waals surface area (Å²) in [6.45, 7) is 0.687. The van der Waals surface area contributed by atoms with Crippen molar-refractivity contribution >= 4 is 45.5 Å². The molecule has 1 unspecified atom stereocenters. The summed E-state index contributed by atoms with van der Waals surface area (Å²) in [5.41, 5.74) is 1.47. The third-order valence-electron chi connectivity index (χ3n) is 6.59. The number of halogens is 1. The second-order valence-electron chi connectivity index (χ2n) is 8.18. The van der Waals surface area contributed by atoms with Gasteiger partial charge in [-0.25, -0.2) is 15.0 Å². The highest BCUT2D eigenvalue weighted by Crippen LogP contribution is 2.67. The molecule has 3 aromatic rings. The van der Waals surface area contributed by atoms with E-state index in [2.05, 4.69) is 60.3 Å². The fourth-order valence-electron chi connectivity index (χ4n) is 4.99. The molecular formula is C21H23IN6O3. The second kappa shape index (κ2) is 7.68. The molecule has 2 fully saturated rings. The summed E-state index contributed by atoms with van der Waals surface area (Å²) in [5.74, 6) is 0.228. The van der Waals surface area contributed by atoms with E-state index in [1.54, 1.807) is 17.9 Å². The topological polar surface area (TPSA) is 125 Å². The standard InChI is InChI=1S/C21H23IN6O3/c1-23-19(31)21-9-12(21)14(15(29)16(21)30)28-10-25-13-17(26-20(22)27-18(13)28)24-8-7-11-5-3-2-4-6-11/h2-6,10,12,14-16,29-30H,7-9H2,1H3,(H,23,31)(H,24,26,27)/t12-,14-,15-,16?,21+/m1/s1. The lowest BCUT2D eigenvalue weighted by molar-refractivity contribution is -0.132. The molecule has 10 heteroatoms. The van der Waals surface area contributed by atoms with Gasteiger partial charge in [0.05, 0.1) is 23.9 Å². The van der Waals surface area contributed by atoms with Crippen LogP contribution in [0, 0.1) is 15.2 Å². The summed E-state index contributed by atoms with van der Waals surface area (Å²) in [5, 5.41) is 27.4. The van der Waals surface area contributed by atoms with E-state index in [9.17, 15) is 15.0 Å². The molecule has 162 valence electrons. The quantitative estimate of drug-likeness (QED) is 0.276. The minimum absolute atomic E-state index is 0.169. The van der Waals surface area contributed by atoms with E-state index >= 15 is 0 Å². The van der Waals surface area contributed by atoms with Gasteiger partial charge in [0.25, 0.3) is 0 Å². The van der Waals surface area contributed by atoms with Crippen LogP contribution in [0.5, 0.6) is 0 Å². The summed E-state index contributed by atoms with van der Waals surface area (Å²) in [6.07, 6.45) is 0.796. The largest absolute Gasteiger partial charge is 0.389 e. The maximum absolute atomic E-state index is 12.4. The molecule has 0 aliphatic heterocycles. The molecule has 31 heavy (non-hydrogen) atoms. The van der Waals surface area contributed by atoms with Crippen LogP contribution in [0.15, 0.2) is 36.7 Å². The zero-order valence-electron chi connectivity index (χ0n) is 16.9. The SMILES string of the molecule is CNC(=O)[C@@]12C[C@@H]1[C@@H](n1cnc3c(NCCc4ccccc4)nc(I)nc31)[C@@H](O)C2O. The number of amides is 1. The number of aromatic nitrogens is 4. The summed E-state index contributed by atoms with van der Waals surface area (Å²) >= 11 is 2.06. The van der Waals surface area contributed by atoms with Crippen molar-refractivity contribution in [1.82, 2.24) is 24.8 Å². The van der Waals surface area contributed by atoms with Crippen molar-refractivity contribution in [3.63, 3.8) is 0 Å². The molecule has 2 aromatic heterocycles. The number of nitrogens with zero attached hydrogens (tertiary/aromatic N) is 4. The maximum Gasteiger partial charge on any atom is 0.229 e. The Balaban J connectivity index is 1.43. The Bertz CT molecular complexity index is 1140. The zero-order valence-corrected chi connectivity index (χ0v) is 19.0. The van der Waals surface area contributed by atoms with Gasteiger partial charge in [0, 0.05) is 42.1 Å². The second-order valence-corrected chi connectivity index (χ2v) is 9.15. The number of benzene rings is 1. The molecule has 0 saturated heterocycles. The first-order valence-electron chi connectivity index (χ1n) is 10.2. The van der Waals surface area contributed by atoms with E-state index in [1.807, 2.05) is 18.2 Å². The molecule has 5 atom stereocenters. The van der Waals surface area contributed by atoms with Gasteiger partial charge in [0.1, 0.15) is 6.10 Å². The van der Waals surface area contributed by atoms with Crippen LogP contribution in [0.2, 0.25) is 0 Å². The van der Waals surface area contributed by atoms with Gasteiger partial charge < -0.3 is 25.4 Å². The fourth-order valence-corrected chi connectivity index (χ4v) is 5.46. The van der Waals surface area contributed by atoms with Crippen LogP contribution in [-0.4, -0.2) is 61.4 Å². The lowest BCUT2D eigenvalue weighted by atomic mass is 9.98.